The van der Waals surface area contributed by atoms with E-state index < -0.39 is 5.82 Å². The minimum Gasteiger partial charge on any atom is -0.492 e. The topological polar surface area (TPSA) is 146 Å². The van der Waals surface area contributed by atoms with E-state index in [1.165, 1.54) is 13.2 Å². The summed E-state index contributed by atoms with van der Waals surface area (Å²) in [5.74, 6) is -0.976. The zero-order valence-corrected chi connectivity index (χ0v) is 22.8. The summed E-state index contributed by atoms with van der Waals surface area (Å²) in [6.45, 7) is 1.49. The summed E-state index contributed by atoms with van der Waals surface area (Å²) in [5, 5.41) is 11.9. The minimum atomic E-state index is -0.560. The van der Waals surface area contributed by atoms with E-state index in [4.69, 9.17) is 9.47 Å². The van der Waals surface area contributed by atoms with Crippen LogP contribution in [0.1, 0.15) is 54.1 Å². The molecular weight excluding hydrogens is 531 g/mol. The molecule has 0 unspecified atom stereocenters. The average molecular weight is 565 g/mol. The first kappa shape index (κ1) is 27.9. The monoisotopic (exact) mass is 564 g/mol. The Morgan fingerprint density at radius 1 is 1.05 bits per heavy atom. The first-order valence-electron chi connectivity index (χ1n) is 13.7. The smallest absolute Gasteiger partial charge is 0.255 e. The highest BCUT2D eigenvalue weighted by atomic mass is 19.1. The minimum absolute atomic E-state index is 0.00441. The van der Waals surface area contributed by atoms with Gasteiger partial charge in [0.15, 0.2) is 11.6 Å². The van der Waals surface area contributed by atoms with Gasteiger partial charge in [0.1, 0.15) is 5.75 Å². The lowest BCUT2D eigenvalue weighted by Gasteiger charge is -2.23. The molecule has 5 N–H and O–H groups in total. The molecule has 2 aliphatic rings. The second-order valence-electron chi connectivity index (χ2n) is 9.95. The molecule has 2 aliphatic heterocycles. The Kier molecular flexibility index (Phi) is 8.66. The fraction of sp³-hybridized carbons (Fsp3) is 0.379. The Labute approximate surface area is 236 Å². The quantitative estimate of drug-likeness (QED) is 0.328. The molecule has 2 bridgehead atoms. The number of carbonyl (C=O) groups excluding carboxylic acids is 3. The molecular formula is C29H33FN6O5. The van der Waals surface area contributed by atoms with Gasteiger partial charge < -0.3 is 35.7 Å². The van der Waals surface area contributed by atoms with Gasteiger partial charge in [-0.15, -0.1) is 0 Å². The Bertz CT molecular complexity index is 1440. The number of carbonyl (C=O) groups is 3. The fourth-order valence-corrected chi connectivity index (χ4v) is 5.12. The van der Waals surface area contributed by atoms with Crippen molar-refractivity contribution in [3.8, 4) is 22.8 Å². The van der Waals surface area contributed by atoms with Gasteiger partial charge in [0, 0.05) is 55.8 Å². The van der Waals surface area contributed by atoms with E-state index in [1.54, 1.807) is 30.6 Å². The highest BCUT2D eigenvalue weighted by Crippen LogP contribution is 2.44. The summed E-state index contributed by atoms with van der Waals surface area (Å²) in [6, 6.07) is 6.24. The Morgan fingerprint density at radius 2 is 1.88 bits per heavy atom. The van der Waals surface area contributed by atoms with Gasteiger partial charge >= 0.3 is 0 Å². The Hall–Kier alpha value is -4.61. The normalized spacial score (nSPS) is 18.3. The van der Waals surface area contributed by atoms with Crippen LogP contribution < -0.4 is 30.7 Å². The number of ether oxygens (including phenoxy) is 2. The van der Waals surface area contributed by atoms with Crippen molar-refractivity contribution in [2.75, 3.05) is 38.7 Å². The third-order valence-corrected chi connectivity index (χ3v) is 7.14. The van der Waals surface area contributed by atoms with Crippen molar-refractivity contribution in [2.24, 2.45) is 0 Å². The van der Waals surface area contributed by atoms with Crippen molar-refractivity contribution in [1.29, 1.82) is 0 Å². The highest BCUT2D eigenvalue weighted by Gasteiger charge is 2.34. The maximum atomic E-state index is 14.6. The third-order valence-electron chi connectivity index (χ3n) is 7.14. The molecule has 0 radical (unpaired) electrons. The van der Waals surface area contributed by atoms with E-state index in [0.717, 1.165) is 0 Å². The van der Waals surface area contributed by atoms with Gasteiger partial charge in [0.2, 0.25) is 11.8 Å². The molecule has 0 saturated carbocycles. The molecule has 1 aromatic carbocycles. The number of nitrogens with zero attached hydrogens (tertiary/aromatic N) is 1. The van der Waals surface area contributed by atoms with Gasteiger partial charge in [-0.1, -0.05) is 6.07 Å². The van der Waals surface area contributed by atoms with Gasteiger partial charge in [0.05, 0.1) is 42.5 Å². The number of amides is 3. The summed E-state index contributed by atoms with van der Waals surface area (Å²) in [5.41, 5.74) is 2.77. The molecule has 4 heterocycles. The Balaban J connectivity index is 1.59. The summed E-state index contributed by atoms with van der Waals surface area (Å²) < 4.78 is 26.0. The molecule has 0 saturated heterocycles. The van der Waals surface area contributed by atoms with Gasteiger partial charge in [0.25, 0.3) is 5.91 Å². The average Bonchev–Trinajstić information content (AvgIpc) is 3.34. The number of benzene rings is 1. The number of halogens is 1. The molecule has 11 nitrogen and oxygen atoms in total. The first-order chi connectivity index (χ1) is 20.0. The van der Waals surface area contributed by atoms with E-state index in [2.05, 4.69) is 31.2 Å². The Morgan fingerprint density at radius 3 is 2.73 bits per heavy atom. The first-order valence-corrected chi connectivity index (χ1v) is 13.7. The SMILES string of the molecule is COc1c(F)cccc1Nc1c2[nH]c3c1C(=O)NC[C@H]3CC(=O)NCCCCC(=O)NCCCOc1cnccc1-2. The van der Waals surface area contributed by atoms with E-state index in [0.29, 0.717) is 85.0 Å². The number of para-hydroxylation sites is 1. The van der Waals surface area contributed by atoms with Crippen molar-refractivity contribution in [3.63, 3.8) is 0 Å². The van der Waals surface area contributed by atoms with E-state index >= 15 is 0 Å². The molecule has 2 aromatic heterocycles. The molecule has 1 atom stereocenters. The van der Waals surface area contributed by atoms with Crippen molar-refractivity contribution in [2.45, 2.75) is 38.0 Å². The number of aromatic amines is 1. The molecule has 12 heteroatoms. The molecule has 0 fully saturated rings. The molecule has 0 spiro atoms. The largest absolute Gasteiger partial charge is 0.492 e. The number of methoxy groups -OCH3 is 1. The number of rotatable bonds is 3. The van der Waals surface area contributed by atoms with Crippen molar-refractivity contribution in [3.05, 3.63) is 53.7 Å². The summed E-state index contributed by atoms with van der Waals surface area (Å²) in [6.07, 6.45) is 5.61. The third kappa shape index (κ3) is 6.26. The number of fused-ring (bicyclic) bond motifs is 3. The summed E-state index contributed by atoms with van der Waals surface area (Å²) in [4.78, 5) is 45.9. The number of anilines is 2. The molecule has 5 rings (SSSR count). The van der Waals surface area contributed by atoms with Gasteiger partial charge in [-0.2, -0.15) is 0 Å². The second-order valence-corrected chi connectivity index (χ2v) is 9.95. The molecule has 41 heavy (non-hydrogen) atoms. The number of aromatic nitrogens is 2. The molecule has 216 valence electrons. The van der Waals surface area contributed by atoms with E-state index in [-0.39, 0.29) is 42.4 Å². The van der Waals surface area contributed by atoms with Gasteiger partial charge in [-0.25, -0.2) is 4.39 Å². The van der Waals surface area contributed by atoms with Crippen LogP contribution in [-0.4, -0.2) is 61.0 Å². The lowest BCUT2D eigenvalue weighted by Crippen LogP contribution is -2.37. The number of nitrogens with one attached hydrogen (secondary N) is 5. The highest BCUT2D eigenvalue weighted by molar-refractivity contribution is 6.07. The number of pyridine rings is 1. The van der Waals surface area contributed by atoms with Crippen LogP contribution in [0.3, 0.4) is 0 Å². The predicted molar refractivity (Wildman–Crippen MR) is 150 cm³/mol. The molecule has 3 aromatic rings. The zero-order valence-electron chi connectivity index (χ0n) is 22.8. The molecule has 3 amide bonds. The number of hydrogen-bond donors (Lipinski definition) is 5. The fourth-order valence-electron chi connectivity index (χ4n) is 5.12. The predicted octanol–water partition coefficient (Wildman–Crippen LogP) is 3.37. The van der Waals surface area contributed by atoms with Gasteiger partial charge in [-0.3, -0.25) is 19.4 Å². The van der Waals surface area contributed by atoms with Crippen LogP contribution >= 0.6 is 0 Å². The number of H-pyrrole nitrogens is 1. The lowest BCUT2D eigenvalue weighted by molar-refractivity contribution is -0.121. The summed E-state index contributed by atoms with van der Waals surface area (Å²) in [7, 11) is 1.37. The zero-order chi connectivity index (χ0) is 28.8. The van der Waals surface area contributed by atoms with E-state index in [1.807, 2.05) is 0 Å². The van der Waals surface area contributed by atoms with Crippen LogP contribution in [-0.2, 0) is 9.59 Å². The van der Waals surface area contributed by atoms with Crippen LogP contribution in [0.15, 0.2) is 36.7 Å². The van der Waals surface area contributed by atoms with Crippen LogP contribution in [0.2, 0.25) is 0 Å². The van der Waals surface area contributed by atoms with Crippen LogP contribution in [0.25, 0.3) is 11.3 Å². The standard InChI is InChI=1S/C29H33FN6O5/c1-40-28-19(30)6-4-7-20(28)35-27-24-25-17(15-34-29(24)39)14-23(38)33-10-3-2-8-22(37)32-11-5-13-41-21-16-31-12-9-18(21)26(27)36-25/h4,6-7,9,12,16-17,35-36H,2-3,5,8,10-11,13-15H2,1H3,(H,32,37)(H,33,38)(H,34,39)/t17-/m1/s1. The maximum Gasteiger partial charge on any atom is 0.255 e. The van der Waals surface area contributed by atoms with E-state index in [9.17, 15) is 18.8 Å². The lowest BCUT2D eigenvalue weighted by atomic mass is 9.93. The molecule has 0 aliphatic carbocycles. The maximum absolute atomic E-state index is 14.6. The van der Waals surface area contributed by atoms with Crippen LogP contribution in [0.5, 0.6) is 11.5 Å². The van der Waals surface area contributed by atoms with Crippen LogP contribution in [0.4, 0.5) is 15.8 Å². The number of hydrogen-bond acceptors (Lipinski definition) is 7. The van der Waals surface area contributed by atoms with Crippen molar-refractivity contribution >= 4 is 29.1 Å². The van der Waals surface area contributed by atoms with Crippen molar-refractivity contribution in [1.82, 2.24) is 25.9 Å². The van der Waals surface area contributed by atoms with Crippen molar-refractivity contribution < 1.29 is 28.2 Å². The van der Waals surface area contributed by atoms with Gasteiger partial charge in [-0.05, 0) is 37.5 Å². The summed E-state index contributed by atoms with van der Waals surface area (Å²) >= 11 is 0. The second kappa shape index (κ2) is 12.7. The van der Waals surface area contributed by atoms with Crippen LogP contribution in [0, 0.1) is 5.82 Å².